The molecule has 0 radical (unpaired) electrons. The molecule has 1 aliphatic heterocycles. The quantitative estimate of drug-likeness (QED) is 0.139. The van der Waals surface area contributed by atoms with Gasteiger partial charge in [-0.3, -0.25) is 19.4 Å². The largest absolute Gasteiger partial charge is 0.481 e. The Morgan fingerprint density at radius 3 is 2.93 bits per heavy atom. The van der Waals surface area contributed by atoms with Gasteiger partial charge in [0.05, 0.1) is 6.34 Å². The maximum atomic E-state index is 12.8. The topological polar surface area (TPSA) is 150 Å². The summed E-state index contributed by atoms with van der Waals surface area (Å²) in [5.74, 6) is 4.19. The molecule has 5 N–H and O–H groups in total. The number of nitrogens with two attached hydrogens (primary N) is 1. The van der Waals surface area contributed by atoms with Crippen LogP contribution in [0.25, 0.3) is 0 Å². The Morgan fingerprint density at radius 1 is 1.34 bits per heavy atom. The van der Waals surface area contributed by atoms with Crippen molar-refractivity contribution in [2.24, 2.45) is 10.8 Å². The third-order valence-electron chi connectivity index (χ3n) is 4.71. The lowest BCUT2D eigenvalue weighted by Gasteiger charge is -2.24. The van der Waals surface area contributed by atoms with E-state index >= 15 is 0 Å². The smallest absolute Gasteiger partial charge is 0.303 e. The van der Waals surface area contributed by atoms with Gasteiger partial charge in [0.15, 0.2) is 0 Å². The van der Waals surface area contributed by atoms with Crippen molar-refractivity contribution in [2.45, 2.75) is 51.0 Å². The molecule has 2 amide bonds. The van der Waals surface area contributed by atoms with E-state index in [1.54, 1.807) is 23.2 Å². The van der Waals surface area contributed by atoms with E-state index in [0.29, 0.717) is 43.7 Å². The number of unbranched alkanes of at least 4 members (excludes halogenated alkanes) is 1. The van der Waals surface area contributed by atoms with E-state index in [1.807, 2.05) is 0 Å². The molecule has 0 saturated carbocycles. The van der Waals surface area contributed by atoms with Crippen molar-refractivity contribution in [1.82, 2.24) is 15.3 Å². The van der Waals surface area contributed by atoms with Crippen LogP contribution in [0.2, 0.25) is 0 Å². The van der Waals surface area contributed by atoms with Crippen molar-refractivity contribution in [2.75, 3.05) is 18.4 Å². The number of aromatic nitrogens is 1. The van der Waals surface area contributed by atoms with Crippen molar-refractivity contribution >= 4 is 29.9 Å². The number of pyridine rings is 1. The average molecular weight is 404 g/mol. The molecule has 0 aromatic carbocycles. The van der Waals surface area contributed by atoms with Gasteiger partial charge >= 0.3 is 5.97 Å². The number of aryl methyl sites for hydroxylation is 1. The molecule has 10 nitrogen and oxygen atoms in total. The van der Waals surface area contributed by atoms with Gasteiger partial charge in [0, 0.05) is 32.1 Å². The fourth-order valence-electron chi connectivity index (χ4n) is 3.27. The summed E-state index contributed by atoms with van der Waals surface area (Å²) in [6.45, 7) is 1.14. The van der Waals surface area contributed by atoms with Crippen LogP contribution in [0.1, 0.15) is 44.1 Å². The van der Waals surface area contributed by atoms with E-state index in [0.717, 1.165) is 12.8 Å². The number of hydrogen-bond donors (Lipinski definition) is 4. The highest BCUT2D eigenvalue weighted by Crippen LogP contribution is 2.22. The van der Waals surface area contributed by atoms with Crippen molar-refractivity contribution in [1.29, 1.82) is 0 Å². The van der Waals surface area contributed by atoms with Gasteiger partial charge in [-0.05, 0) is 43.7 Å². The van der Waals surface area contributed by atoms with Crippen LogP contribution in [-0.4, -0.2) is 58.2 Å². The number of nitrogens with one attached hydrogen (secondary N) is 2. The van der Waals surface area contributed by atoms with Gasteiger partial charge in [-0.2, -0.15) is 0 Å². The van der Waals surface area contributed by atoms with Crippen LogP contribution in [-0.2, 0) is 20.8 Å². The molecule has 1 aliphatic rings. The monoisotopic (exact) mass is 404 g/mol. The Labute approximate surface area is 169 Å². The molecule has 1 fully saturated rings. The zero-order valence-corrected chi connectivity index (χ0v) is 16.3. The number of nitrogens with zero attached hydrogens (tertiary/aromatic N) is 3. The van der Waals surface area contributed by atoms with Crippen LogP contribution >= 0.6 is 0 Å². The second-order valence-electron chi connectivity index (χ2n) is 6.80. The average Bonchev–Trinajstić information content (AvgIpc) is 3.20. The van der Waals surface area contributed by atoms with E-state index in [2.05, 4.69) is 20.7 Å². The molecule has 1 atom stereocenters. The Morgan fingerprint density at radius 2 is 2.17 bits per heavy atom. The van der Waals surface area contributed by atoms with Crippen LogP contribution in [0, 0.1) is 0 Å². The van der Waals surface area contributed by atoms with Crippen LogP contribution in [0.3, 0.4) is 0 Å². The highest BCUT2D eigenvalue weighted by atomic mass is 16.4. The number of carbonyl (C=O) groups excluding carboxylic acids is 2. The first-order valence-electron chi connectivity index (χ1n) is 9.73. The molecule has 2 heterocycles. The summed E-state index contributed by atoms with van der Waals surface area (Å²) in [6, 6.07) is 2.91. The Hall–Kier alpha value is -3.01. The lowest BCUT2D eigenvalue weighted by atomic mass is 10.1. The Kier molecular flexibility index (Phi) is 9.03. The summed E-state index contributed by atoms with van der Waals surface area (Å²) in [5, 5.41) is 11.7. The summed E-state index contributed by atoms with van der Waals surface area (Å²) in [7, 11) is 0. The zero-order valence-electron chi connectivity index (χ0n) is 16.3. The van der Waals surface area contributed by atoms with Gasteiger partial charge in [-0.15, -0.1) is 0 Å². The van der Waals surface area contributed by atoms with Gasteiger partial charge in [0.2, 0.25) is 11.8 Å². The number of aliphatic carboxylic acids is 1. The lowest BCUT2D eigenvalue weighted by Crippen LogP contribution is -2.43. The lowest BCUT2D eigenvalue weighted by molar-refractivity contribution is -0.137. The highest BCUT2D eigenvalue weighted by molar-refractivity contribution is 5.97. The molecule has 0 aliphatic carbocycles. The molecule has 0 spiro atoms. The van der Waals surface area contributed by atoms with Gasteiger partial charge in [-0.1, -0.05) is 6.07 Å². The molecule has 29 heavy (non-hydrogen) atoms. The molecular weight excluding hydrogens is 376 g/mol. The number of rotatable bonds is 11. The van der Waals surface area contributed by atoms with Crippen LogP contribution in [0.5, 0.6) is 0 Å². The maximum Gasteiger partial charge on any atom is 0.303 e. The Balaban J connectivity index is 1.90. The van der Waals surface area contributed by atoms with E-state index in [4.69, 9.17) is 10.9 Å². The zero-order chi connectivity index (χ0) is 21.1. The second kappa shape index (κ2) is 11.7. The number of likely N-dealkylation sites (tertiary alicyclic amines) is 1. The van der Waals surface area contributed by atoms with Gasteiger partial charge in [0.25, 0.3) is 0 Å². The number of amides is 2. The predicted octanol–water partition coefficient (Wildman–Crippen LogP) is 0.690. The third-order valence-corrected chi connectivity index (χ3v) is 4.71. The van der Waals surface area contributed by atoms with Crippen molar-refractivity contribution in [3.63, 3.8) is 0 Å². The first-order valence-corrected chi connectivity index (χ1v) is 9.73. The number of hydrogen-bond acceptors (Lipinski definition) is 6. The molecular formula is C19H28N6O4. The molecule has 1 aromatic heterocycles. The minimum atomic E-state index is -0.913. The van der Waals surface area contributed by atoms with Crippen molar-refractivity contribution in [3.8, 4) is 0 Å². The van der Waals surface area contributed by atoms with Crippen molar-refractivity contribution < 1.29 is 19.5 Å². The van der Waals surface area contributed by atoms with E-state index < -0.39 is 12.0 Å². The normalized spacial score (nSPS) is 16.2. The van der Waals surface area contributed by atoms with Gasteiger partial charge in [-0.25, -0.2) is 10.8 Å². The number of hydrazine groups is 1. The first kappa shape index (κ1) is 22.3. The standard InChI is InChI=1S/C19H28N6O4/c20-23-13-21-10-2-1-7-16(26)25-12-4-6-15(25)19(29)24-18-14(5-3-11-22-18)8-9-17(27)28/h3,5,11,13,15H,1-2,4,6-10,12,20H2,(H,21,23)(H,27,28)(H,22,24,29). The van der Waals surface area contributed by atoms with E-state index in [1.165, 1.54) is 6.34 Å². The summed E-state index contributed by atoms with van der Waals surface area (Å²) in [6.07, 6.45) is 6.35. The molecule has 2 rings (SSSR count). The SMILES string of the molecule is NNC=NCCCCC(=O)N1CCCC1C(=O)Nc1ncccc1CCC(=O)O. The van der Waals surface area contributed by atoms with Crippen LogP contribution < -0.4 is 16.6 Å². The molecule has 158 valence electrons. The minimum Gasteiger partial charge on any atom is -0.481 e. The fourth-order valence-corrected chi connectivity index (χ4v) is 3.27. The molecule has 10 heteroatoms. The number of aliphatic imine (C=N–C) groups is 1. The molecule has 1 unspecified atom stereocenters. The Bertz CT molecular complexity index is 739. The predicted molar refractivity (Wildman–Crippen MR) is 108 cm³/mol. The molecule has 0 bridgehead atoms. The number of anilines is 1. The van der Waals surface area contributed by atoms with Crippen LogP contribution in [0.15, 0.2) is 23.3 Å². The van der Waals surface area contributed by atoms with Crippen LogP contribution in [0.4, 0.5) is 5.82 Å². The fraction of sp³-hybridized carbons (Fsp3) is 0.526. The number of carbonyl (C=O) groups is 3. The maximum absolute atomic E-state index is 12.8. The van der Waals surface area contributed by atoms with E-state index in [9.17, 15) is 14.4 Å². The first-order chi connectivity index (χ1) is 14.0. The van der Waals surface area contributed by atoms with Crippen molar-refractivity contribution in [3.05, 3.63) is 23.9 Å². The third kappa shape index (κ3) is 7.15. The number of carboxylic acids is 1. The van der Waals surface area contributed by atoms with E-state index in [-0.39, 0.29) is 24.7 Å². The molecule has 1 saturated heterocycles. The summed E-state index contributed by atoms with van der Waals surface area (Å²) in [4.78, 5) is 45.9. The molecule has 1 aromatic rings. The minimum absolute atomic E-state index is 0.0456. The highest BCUT2D eigenvalue weighted by Gasteiger charge is 2.34. The number of carboxylic acid groups (broad SMARTS) is 1. The van der Waals surface area contributed by atoms with Gasteiger partial charge < -0.3 is 20.7 Å². The van der Waals surface area contributed by atoms with Gasteiger partial charge in [0.1, 0.15) is 11.9 Å². The summed E-state index contributed by atoms with van der Waals surface area (Å²) < 4.78 is 0. The summed E-state index contributed by atoms with van der Waals surface area (Å²) >= 11 is 0. The summed E-state index contributed by atoms with van der Waals surface area (Å²) in [5.41, 5.74) is 2.98. The second-order valence-corrected chi connectivity index (χ2v) is 6.80.